The topological polar surface area (TPSA) is 78.2 Å². The van der Waals surface area contributed by atoms with Gasteiger partial charge in [-0.05, 0) is 30.7 Å². The molecule has 0 N–H and O–H groups in total. The molecule has 1 saturated heterocycles. The number of rotatable bonds is 3. The Morgan fingerprint density at radius 2 is 1.93 bits per heavy atom. The summed E-state index contributed by atoms with van der Waals surface area (Å²) in [6.45, 7) is -1.89. The van der Waals surface area contributed by atoms with Crippen LogP contribution in [0.2, 0.25) is 0 Å². The largest absolute Gasteiger partial charge is 0.490 e. The van der Waals surface area contributed by atoms with Crippen molar-refractivity contribution in [2.24, 2.45) is 0 Å². The van der Waals surface area contributed by atoms with Gasteiger partial charge in [-0.15, -0.1) is 5.10 Å². The van der Waals surface area contributed by atoms with E-state index in [-0.39, 0.29) is 23.2 Å². The van der Waals surface area contributed by atoms with E-state index in [1.54, 1.807) is 6.07 Å². The fraction of sp³-hybridized carbons (Fsp3) is 0.381. The number of hydrogen-bond donors (Lipinski definition) is 0. The van der Waals surface area contributed by atoms with E-state index >= 15 is 0 Å². The summed E-state index contributed by atoms with van der Waals surface area (Å²) in [6.07, 6.45) is 2.85. The lowest BCUT2D eigenvalue weighted by Gasteiger charge is -2.33. The number of piperidine rings is 1. The third-order valence-corrected chi connectivity index (χ3v) is 5.07. The summed E-state index contributed by atoms with van der Waals surface area (Å²) in [5, 5.41) is 4.51. The van der Waals surface area contributed by atoms with Gasteiger partial charge < -0.3 is 19.1 Å². The summed E-state index contributed by atoms with van der Waals surface area (Å²) >= 11 is 0. The Morgan fingerprint density at radius 1 is 1.14 bits per heavy atom. The molecule has 2 aromatic heterocycles. The van der Waals surface area contributed by atoms with Gasteiger partial charge in [-0.25, -0.2) is 4.98 Å². The minimum Gasteiger partial charge on any atom is -0.490 e. The molecular weight excluding hydrogens is 372 g/mol. The first kappa shape index (κ1) is 13.8. The molecule has 4 heterocycles. The van der Waals surface area contributed by atoms with Crippen LogP contribution < -0.4 is 24.7 Å². The zero-order valence-corrected chi connectivity index (χ0v) is 15.8. The lowest BCUT2D eigenvalue weighted by molar-refractivity contribution is 0.159. The van der Waals surface area contributed by atoms with Crippen LogP contribution in [0.3, 0.4) is 0 Å². The van der Waals surface area contributed by atoms with Crippen molar-refractivity contribution >= 4 is 11.5 Å². The van der Waals surface area contributed by atoms with Crippen LogP contribution in [0.1, 0.15) is 23.9 Å². The Bertz CT molecular complexity index is 1270. The van der Waals surface area contributed by atoms with Gasteiger partial charge in [0.25, 0.3) is 5.56 Å². The molecule has 8 nitrogen and oxygen atoms in total. The average molecular weight is 398 g/mol. The van der Waals surface area contributed by atoms with Crippen LogP contribution in [0.4, 0.5) is 5.82 Å². The third kappa shape index (κ3) is 3.46. The van der Waals surface area contributed by atoms with E-state index in [0.29, 0.717) is 24.5 Å². The lowest BCUT2D eigenvalue weighted by atomic mass is 10.1. The SMILES string of the molecule is [2H]C1([2H])Oc2ccc(OC3CCN(c4nn5c(=O)ccnc5cc4C)CC3)cc2OC1([2H])[2H]. The molecule has 0 atom stereocenters. The minimum atomic E-state index is -2.62. The normalized spacial score (nSPS) is 22.3. The Labute approximate surface area is 173 Å². The van der Waals surface area contributed by atoms with Crippen molar-refractivity contribution in [2.45, 2.75) is 25.9 Å². The first-order valence-corrected chi connectivity index (χ1v) is 9.42. The van der Waals surface area contributed by atoms with Gasteiger partial charge in [0.15, 0.2) is 23.0 Å². The predicted molar refractivity (Wildman–Crippen MR) is 107 cm³/mol. The number of aryl methyl sites for hydroxylation is 1. The number of aromatic nitrogens is 3. The average Bonchev–Trinajstić information content (AvgIpc) is 2.75. The number of benzene rings is 1. The van der Waals surface area contributed by atoms with Crippen molar-refractivity contribution in [1.82, 2.24) is 14.6 Å². The van der Waals surface area contributed by atoms with Gasteiger partial charge in [-0.2, -0.15) is 4.52 Å². The van der Waals surface area contributed by atoms with Crippen molar-refractivity contribution in [3.8, 4) is 17.2 Å². The first-order chi connectivity index (χ1) is 15.6. The molecule has 2 aliphatic heterocycles. The van der Waals surface area contributed by atoms with Gasteiger partial charge in [0.1, 0.15) is 25.0 Å². The minimum absolute atomic E-state index is 0.0721. The van der Waals surface area contributed by atoms with Crippen LogP contribution in [0.25, 0.3) is 5.65 Å². The number of nitrogens with zero attached hydrogens (tertiary/aromatic N) is 4. The van der Waals surface area contributed by atoms with Gasteiger partial charge in [-0.3, -0.25) is 4.79 Å². The van der Waals surface area contributed by atoms with Crippen molar-refractivity contribution in [3.05, 3.63) is 52.4 Å². The highest BCUT2D eigenvalue weighted by molar-refractivity contribution is 5.52. The summed E-state index contributed by atoms with van der Waals surface area (Å²) in [5.74, 6) is 1.46. The van der Waals surface area contributed by atoms with Crippen LogP contribution in [-0.2, 0) is 0 Å². The van der Waals surface area contributed by atoms with E-state index in [9.17, 15) is 4.79 Å². The third-order valence-electron chi connectivity index (χ3n) is 5.07. The predicted octanol–water partition coefficient (Wildman–Crippen LogP) is 2.22. The highest BCUT2D eigenvalue weighted by Gasteiger charge is 2.24. The lowest BCUT2D eigenvalue weighted by Crippen LogP contribution is -2.39. The van der Waals surface area contributed by atoms with E-state index in [4.69, 9.17) is 19.7 Å². The number of anilines is 1. The Hall–Kier alpha value is -3.29. The molecule has 150 valence electrons. The highest BCUT2D eigenvalue weighted by Crippen LogP contribution is 2.34. The Kier molecular flexibility index (Phi) is 3.46. The zero-order valence-electron chi connectivity index (χ0n) is 19.8. The summed E-state index contributed by atoms with van der Waals surface area (Å²) in [5.41, 5.74) is 1.22. The van der Waals surface area contributed by atoms with Gasteiger partial charge in [0, 0.05) is 44.3 Å². The molecular formula is C21H22N4O4. The molecule has 8 heteroatoms. The number of fused-ring (bicyclic) bond motifs is 2. The molecule has 0 radical (unpaired) electrons. The van der Waals surface area contributed by atoms with E-state index in [1.807, 2.05) is 13.0 Å². The van der Waals surface area contributed by atoms with Crippen LogP contribution >= 0.6 is 0 Å². The molecule has 0 bridgehead atoms. The van der Waals surface area contributed by atoms with Crippen LogP contribution in [-0.4, -0.2) is 46.9 Å². The molecule has 29 heavy (non-hydrogen) atoms. The molecule has 0 spiro atoms. The number of ether oxygens (including phenoxy) is 3. The van der Waals surface area contributed by atoms with Gasteiger partial charge in [0.2, 0.25) is 0 Å². The van der Waals surface area contributed by atoms with Crippen molar-refractivity contribution in [3.63, 3.8) is 0 Å². The second-order valence-corrected chi connectivity index (χ2v) is 7.03. The first-order valence-electron chi connectivity index (χ1n) is 11.4. The molecule has 1 aromatic carbocycles. The van der Waals surface area contributed by atoms with E-state index in [2.05, 4.69) is 15.0 Å². The maximum Gasteiger partial charge on any atom is 0.274 e. The standard InChI is InChI=1S/C21H22N4O4/c1-14-12-19-22-7-4-20(26)25(19)23-21(14)24-8-5-15(6-9-24)29-16-2-3-17-18(13-16)28-11-10-27-17/h2-4,7,12-13,15H,5-6,8-11H2,1H3/i10D2,11D2. The van der Waals surface area contributed by atoms with Crippen molar-refractivity contribution in [1.29, 1.82) is 0 Å². The Morgan fingerprint density at radius 3 is 2.76 bits per heavy atom. The van der Waals surface area contributed by atoms with Gasteiger partial charge >= 0.3 is 0 Å². The highest BCUT2D eigenvalue weighted by atomic mass is 16.6. The molecule has 0 aliphatic carbocycles. The quantitative estimate of drug-likeness (QED) is 0.669. The summed E-state index contributed by atoms with van der Waals surface area (Å²) in [6, 6.07) is 7.92. The Balaban J connectivity index is 1.27. The van der Waals surface area contributed by atoms with Gasteiger partial charge in [0.05, 0.1) is 5.48 Å². The fourth-order valence-electron chi connectivity index (χ4n) is 3.61. The second-order valence-electron chi connectivity index (χ2n) is 7.03. The van der Waals surface area contributed by atoms with E-state index in [0.717, 1.165) is 24.2 Å². The smallest absolute Gasteiger partial charge is 0.274 e. The summed E-state index contributed by atoms with van der Waals surface area (Å²) < 4.78 is 48.5. The monoisotopic (exact) mass is 398 g/mol. The summed E-state index contributed by atoms with van der Waals surface area (Å²) in [7, 11) is 0. The number of hydrogen-bond acceptors (Lipinski definition) is 7. The maximum atomic E-state index is 12.1. The van der Waals surface area contributed by atoms with Crippen LogP contribution in [0.15, 0.2) is 41.3 Å². The maximum absolute atomic E-state index is 12.1. The van der Waals surface area contributed by atoms with Crippen LogP contribution in [0.5, 0.6) is 17.2 Å². The molecule has 3 aromatic rings. The molecule has 0 unspecified atom stereocenters. The molecule has 0 amide bonds. The second kappa shape index (κ2) is 7.27. The van der Waals surface area contributed by atoms with Crippen LogP contribution in [0, 0.1) is 6.92 Å². The van der Waals surface area contributed by atoms with E-state index < -0.39 is 13.1 Å². The van der Waals surface area contributed by atoms with Crippen molar-refractivity contribution in [2.75, 3.05) is 31.1 Å². The fourth-order valence-corrected chi connectivity index (χ4v) is 3.61. The van der Waals surface area contributed by atoms with E-state index in [1.165, 1.54) is 28.9 Å². The van der Waals surface area contributed by atoms with Gasteiger partial charge in [-0.1, -0.05) is 0 Å². The molecule has 1 fully saturated rings. The molecule has 2 aliphatic rings. The zero-order chi connectivity index (χ0) is 23.4. The summed E-state index contributed by atoms with van der Waals surface area (Å²) in [4.78, 5) is 18.4. The van der Waals surface area contributed by atoms with Crippen molar-refractivity contribution < 1.29 is 19.7 Å². The molecule has 0 saturated carbocycles. The molecule has 5 rings (SSSR count).